The first-order chi connectivity index (χ1) is 6.69. The summed E-state index contributed by atoms with van der Waals surface area (Å²) in [6, 6.07) is 0.311. The van der Waals surface area contributed by atoms with Crippen LogP contribution in [0.5, 0.6) is 0 Å². The second-order valence-corrected chi connectivity index (χ2v) is 3.86. The predicted molar refractivity (Wildman–Crippen MR) is 56.4 cm³/mol. The Morgan fingerprint density at radius 1 is 1.57 bits per heavy atom. The second kappa shape index (κ2) is 5.02. The van der Waals surface area contributed by atoms with Crippen LogP contribution in [0.4, 0.5) is 0 Å². The van der Waals surface area contributed by atoms with Crippen LogP contribution in [0.15, 0.2) is 0 Å². The summed E-state index contributed by atoms with van der Waals surface area (Å²) in [4.78, 5) is 13.4. The minimum atomic E-state index is -0.0573. The number of carbonyl (C=O) groups is 1. The Bertz CT molecular complexity index is 264. The van der Waals surface area contributed by atoms with Gasteiger partial charge in [0.1, 0.15) is 0 Å². The van der Waals surface area contributed by atoms with E-state index in [0.717, 1.165) is 19.4 Å². The first-order valence-electron chi connectivity index (χ1n) is 5.12. The molecule has 2 N–H and O–H groups in total. The minimum absolute atomic E-state index is 0.0573. The monoisotopic (exact) mass is 194 g/mol. The summed E-state index contributed by atoms with van der Waals surface area (Å²) in [6.45, 7) is 5.19. The van der Waals surface area contributed by atoms with Gasteiger partial charge in [-0.25, -0.2) is 0 Å². The molecular formula is C11H18N2O. The highest BCUT2D eigenvalue weighted by Crippen LogP contribution is 2.20. The van der Waals surface area contributed by atoms with Gasteiger partial charge < -0.3 is 10.6 Å². The Labute approximate surface area is 85.6 Å². The van der Waals surface area contributed by atoms with Gasteiger partial charge in [0.15, 0.2) is 0 Å². The summed E-state index contributed by atoms with van der Waals surface area (Å²) in [6.07, 6.45) is 2.17. The Morgan fingerprint density at radius 3 is 2.86 bits per heavy atom. The van der Waals surface area contributed by atoms with Crippen LogP contribution in [0.1, 0.15) is 26.7 Å². The van der Waals surface area contributed by atoms with E-state index >= 15 is 0 Å². The summed E-state index contributed by atoms with van der Waals surface area (Å²) in [5.41, 5.74) is 5.61. The van der Waals surface area contributed by atoms with Gasteiger partial charge in [0, 0.05) is 12.6 Å². The second-order valence-electron chi connectivity index (χ2n) is 3.86. The number of hydrogen-bond acceptors (Lipinski definition) is 2. The lowest BCUT2D eigenvalue weighted by Gasteiger charge is -2.36. The highest BCUT2D eigenvalue weighted by molar-refractivity contribution is 5.93. The average Bonchev–Trinajstić information content (AvgIpc) is 2.19. The lowest BCUT2D eigenvalue weighted by Crippen LogP contribution is -2.46. The summed E-state index contributed by atoms with van der Waals surface area (Å²) in [7, 11) is 0. The topological polar surface area (TPSA) is 46.3 Å². The number of nitrogens with two attached hydrogens (primary N) is 1. The summed E-state index contributed by atoms with van der Waals surface area (Å²) < 4.78 is 0. The van der Waals surface area contributed by atoms with E-state index in [1.165, 1.54) is 0 Å². The molecule has 0 spiro atoms. The quantitative estimate of drug-likeness (QED) is 0.621. The first kappa shape index (κ1) is 11.1. The molecule has 1 aliphatic heterocycles. The minimum Gasteiger partial charge on any atom is -0.330 e. The normalized spacial score (nSPS) is 26.6. The van der Waals surface area contributed by atoms with Crippen molar-refractivity contribution in [2.24, 2.45) is 11.7 Å². The molecule has 0 aliphatic carbocycles. The van der Waals surface area contributed by atoms with E-state index in [9.17, 15) is 4.79 Å². The Kier molecular flexibility index (Phi) is 3.97. The molecule has 0 aromatic rings. The van der Waals surface area contributed by atoms with Gasteiger partial charge >= 0.3 is 0 Å². The van der Waals surface area contributed by atoms with E-state index < -0.39 is 0 Å². The molecule has 1 saturated heterocycles. The summed E-state index contributed by atoms with van der Waals surface area (Å²) in [5, 5.41) is 0. The number of piperidine rings is 1. The van der Waals surface area contributed by atoms with Gasteiger partial charge in [-0.3, -0.25) is 4.79 Å². The third kappa shape index (κ3) is 2.49. The van der Waals surface area contributed by atoms with E-state index in [0.29, 0.717) is 18.5 Å². The SMILES string of the molecule is CC#CC(=O)N1CC(CN)CCC1C. The number of rotatable bonds is 1. The number of nitrogens with zero attached hydrogens (tertiary/aromatic N) is 1. The molecule has 0 aromatic carbocycles. The number of carbonyl (C=O) groups excluding carboxylic acids is 1. The fraction of sp³-hybridized carbons (Fsp3) is 0.727. The zero-order chi connectivity index (χ0) is 10.6. The maximum Gasteiger partial charge on any atom is 0.298 e. The number of hydrogen-bond donors (Lipinski definition) is 1. The maximum atomic E-state index is 11.6. The Hall–Kier alpha value is -1.01. The zero-order valence-corrected chi connectivity index (χ0v) is 8.92. The molecule has 0 saturated carbocycles. The van der Waals surface area contributed by atoms with Crippen LogP contribution in [-0.2, 0) is 4.79 Å². The van der Waals surface area contributed by atoms with E-state index in [1.807, 2.05) is 4.90 Å². The van der Waals surface area contributed by atoms with Crippen LogP contribution >= 0.6 is 0 Å². The standard InChI is InChI=1S/C11H18N2O/c1-3-4-11(14)13-8-10(7-12)6-5-9(13)2/h9-10H,5-8,12H2,1-2H3. The first-order valence-corrected chi connectivity index (χ1v) is 5.12. The fourth-order valence-electron chi connectivity index (χ4n) is 1.84. The number of amides is 1. The molecule has 3 nitrogen and oxygen atoms in total. The van der Waals surface area contributed by atoms with Gasteiger partial charge in [-0.15, -0.1) is 0 Å². The smallest absolute Gasteiger partial charge is 0.298 e. The van der Waals surface area contributed by atoms with Crippen molar-refractivity contribution >= 4 is 5.91 Å². The molecule has 2 unspecified atom stereocenters. The molecule has 1 heterocycles. The molecule has 1 amide bonds. The third-order valence-corrected chi connectivity index (χ3v) is 2.81. The fourth-order valence-corrected chi connectivity index (χ4v) is 1.84. The van der Waals surface area contributed by atoms with Gasteiger partial charge in [0.2, 0.25) is 0 Å². The summed E-state index contributed by atoms with van der Waals surface area (Å²) in [5.74, 6) is 5.63. The van der Waals surface area contributed by atoms with Gasteiger partial charge in [-0.1, -0.05) is 5.92 Å². The van der Waals surface area contributed by atoms with Gasteiger partial charge in [-0.2, -0.15) is 0 Å². The average molecular weight is 194 g/mol. The van der Waals surface area contributed by atoms with Crippen LogP contribution < -0.4 is 5.73 Å². The molecular weight excluding hydrogens is 176 g/mol. The van der Waals surface area contributed by atoms with Crippen molar-refractivity contribution in [2.45, 2.75) is 32.7 Å². The van der Waals surface area contributed by atoms with Crippen molar-refractivity contribution in [3.63, 3.8) is 0 Å². The van der Waals surface area contributed by atoms with Crippen LogP contribution in [0, 0.1) is 17.8 Å². The molecule has 1 aliphatic rings. The molecule has 2 atom stereocenters. The van der Waals surface area contributed by atoms with Crippen molar-refractivity contribution < 1.29 is 4.79 Å². The zero-order valence-electron chi connectivity index (χ0n) is 8.92. The van der Waals surface area contributed by atoms with E-state index in [1.54, 1.807) is 6.92 Å². The van der Waals surface area contributed by atoms with E-state index in [2.05, 4.69) is 18.8 Å². The molecule has 78 valence electrons. The predicted octanol–water partition coefficient (Wildman–Crippen LogP) is 0.595. The Morgan fingerprint density at radius 2 is 2.29 bits per heavy atom. The van der Waals surface area contributed by atoms with Crippen molar-refractivity contribution in [1.82, 2.24) is 4.90 Å². The molecule has 14 heavy (non-hydrogen) atoms. The number of likely N-dealkylation sites (tertiary alicyclic amines) is 1. The van der Waals surface area contributed by atoms with Gasteiger partial charge in [-0.05, 0) is 45.1 Å². The highest BCUT2D eigenvalue weighted by atomic mass is 16.2. The van der Waals surface area contributed by atoms with Crippen molar-refractivity contribution in [3.05, 3.63) is 0 Å². The van der Waals surface area contributed by atoms with E-state index in [-0.39, 0.29) is 5.91 Å². The third-order valence-electron chi connectivity index (χ3n) is 2.81. The van der Waals surface area contributed by atoms with Crippen LogP contribution in [0.3, 0.4) is 0 Å². The summed E-state index contributed by atoms with van der Waals surface area (Å²) >= 11 is 0. The van der Waals surface area contributed by atoms with Crippen LogP contribution in [-0.4, -0.2) is 29.9 Å². The van der Waals surface area contributed by atoms with E-state index in [4.69, 9.17) is 5.73 Å². The molecule has 1 rings (SSSR count). The van der Waals surface area contributed by atoms with Gasteiger partial charge in [0.05, 0.1) is 0 Å². The maximum absolute atomic E-state index is 11.6. The molecule has 1 fully saturated rings. The van der Waals surface area contributed by atoms with Crippen LogP contribution in [0.25, 0.3) is 0 Å². The highest BCUT2D eigenvalue weighted by Gasteiger charge is 2.27. The molecule has 0 radical (unpaired) electrons. The molecule has 3 heteroatoms. The van der Waals surface area contributed by atoms with Crippen molar-refractivity contribution in [3.8, 4) is 11.8 Å². The van der Waals surface area contributed by atoms with Gasteiger partial charge in [0.25, 0.3) is 5.91 Å². The molecule has 0 aromatic heterocycles. The van der Waals surface area contributed by atoms with Crippen molar-refractivity contribution in [2.75, 3.05) is 13.1 Å². The largest absolute Gasteiger partial charge is 0.330 e. The lowest BCUT2D eigenvalue weighted by molar-refractivity contribution is -0.129. The Balaban J connectivity index is 2.63. The lowest BCUT2D eigenvalue weighted by atomic mass is 9.93. The van der Waals surface area contributed by atoms with Crippen LogP contribution in [0.2, 0.25) is 0 Å². The molecule has 0 bridgehead atoms. The van der Waals surface area contributed by atoms with Crippen molar-refractivity contribution in [1.29, 1.82) is 0 Å².